The zero-order valence-corrected chi connectivity index (χ0v) is 11.3. The van der Waals surface area contributed by atoms with E-state index < -0.39 is 0 Å². The van der Waals surface area contributed by atoms with Crippen LogP contribution in [0.4, 0.5) is 5.82 Å². The Morgan fingerprint density at radius 3 is 2.75 bits per heavy atom. The molecule has 3 rings (SSSR count). The number of carbonyl (C=O) groups excluding carboxylic acids is 1. The maximum absolute atomic E-state index is 12.2. The first-order valence-corrected chi connectivity index (χ1v) is 6.32. The fourth-order valence-electron chi connectivity index (χ4n) is 1.98. The van der Waals surface area contributed by atoms with E-state index in [0.29, 0.717) is 11.5 Å². The number of anilines is 1. The van der Waals surface area contributed by atoms with Crippen molar-refractivity contribution in [3.8, 4) is 0 Å². The molecule has 1 amide bonds. The molecule has 0 atom stereocenters. The molecule has 1 N–H and O–H groups in total. The first kappa shape index (κ1) is 12.3. The predicted octanol–water partition coefficient (Wildman–Crippen LogP) is 2.60. The number of pyridine rings is 2. The average molecular weight is 266 g/mol. The van der Waals surface area contributed by atoms with Crippen LogP contribution in [-0.2, 0) is 0 Å². The van der Waals surface area contributed by atoms with Crippen molar-refractivity contribution < 1.29 is 4.79 Å². The Morgan fingerprint density at radius 2 is 2.05 bits per heavy atom. The van der Waals surface area contributed by atoms with Crippen LogP contribution in [0, 0.1) is 13.8 Å². The van der Waals surface area contributed by atoms with Crippen LogP contribution in [0.15, 0.2) is 42.7 Å². The van der Waals surface area contributed by atoms with E-state index in [9.17, 15) is 4.79 Å². The van der Waals surface area contributed by atoms with Gasteiger partial charge in [-0.1, -0.05) is 12.1 Å². The van der Waals surface area contributed by atoms with Crippen molar-refractivity contribution in [1.82, 2.24) is 14.4 Å². The second-order valence-electron chi connectivity index (χ2n) is 4.70. The lowest BCUT2D eigenvalue weighted by molar-refractivity contribution is 0.102. The molecule has 0 saturated heterocycles. The average Bonchev–Trinajstić information content (AvgIpc) is 2.87. The minimum Gasteiger partial charge on any atom is -0.305 e. The summed E-state index contributed by atoms with van der Waals surface area (Å²) < 4.78 is 1.89. The van der Waals surface area contributed by atoms with Crippen LogP contribution in [-0.4, -0.2) is 20.3 Å². The van der Waals surface area contributed by atoms with Gasteiger partial charge in [-0.15, -0.1) is 0 Å². The van der Waals surface area contributed by atoms with Crippen LogP contribution in [0.25, 0.3) is 5.65 Å². The number of aromatic nitrogens is 3. The number of fused-ring (bicyclic) bond motifs is 1. The molecule has 0 bridgehead atoms. The number of hydrogen-bond donors (Lipinski definition) is 1. The fraction of sp³-hybridized carbons (Fsp3) is 0.133. The molecule has 3 heterocycles. The van der Waals surface area contributed by atoms with Crippen LogP contribution in [0.3, 0.4) is 0 Å². The van der Waals surface area contributed by atoms with Crippen LogP contribution < -0.4 is 5.32 Å². The molecule has 3 aromatic rings. The minimum absolute atomic E-state index is 0.260. The van der Waals surface area contributed by atoms with Gasteiger partial charge in [-0.25, -0.2) is 9.97 Å². The van der Waals surface area contributed by atoms with Gasteiger partial charge in [-0.2, -0.15) is 0 Å². The zero-order chi connectivity index (χ0) is 14.1. The molecule has 5 heteroatoms. The number of hydrogen-bond acceptors (Lipinski definition) is 3. The van der Waals surface area contributed by atoms with Gasteiger partial charge in [0.05, 0.1) is 0 Å². The monoisotopic (exact) mass is 266 g/mol. The largest absolute Gasteiger partial charge is 0.305 e. The molecule has 0 spiro atoms. The van der Waals surface area contributed by atoms with E-state index in [0.717, 1.165) is 16.9 Å². The smallest absolute Gasteiger partial charge is 0.277 e. The summed E-state index contributed by atoms with van der Waals surface area (Å²) in [4.78, 5) is 20.6. The van der Waals surface area contributed by atoms with Crippen molar-refractivity contribution in [3.05, 3.63) is 59.7 Å². The Kier molecular flexibility index (Phi) is 2.95. The number of aryl methyl sites for hydroxylation is 2. The minimum atomic E-state index is -0.260. The standard InChI is InChI=1S/C15H14N4O/c1-10-6-7-13(16-8-10)18-15(20)12-9-19-11(2)4-3-5-14(19)17-12/h3-9H,1-2H3,(H,16,18,20). The van der Waals surface area contributed by atoms with Crippen molar-refractivity contribution in [1.29, 1.82) is 0 Å². The normalized spacial score (nSPS) is 10.7. The number of rotatable bonds is 2. The van der Waals surface area contributed by atoms with E-state index in [2.05, 4.69) is 15.3 Å². The topological polar surface area (TPSA) is 59.3 Å². The first-order chi connectivity index (χ1) is 9.63. The summed E-state index contributed by atoms with van der Waals surface area (Å²) in [5.74, 6) is 0.263. The Balaban J connectivity index is 1.89. The highest BCUT2D eigenvalue weighted by Crippen LogP contribution is 2.10. The summed E-state index contributed by atoms with van der Waals surface area (Å²) in [7, 11) is 0. The van der Waals surface area contributed by atoms with E-state index in [1.165, 1.54) is 0 Å². The molecule has 0 unspecified atom stereocenters. The van der Waals surface area contributed by atoms with Crippen LogP contribution in [0.5, 0.6) is 0 Å². The maximum Gasteiger partial charge on any atom is 0.277 e. The Bertz CT molecular complexity index is 774. The lowest BCUT2D eigenvalue weighted by Gasteiger charge is -2.01. The summed E-state index contributed by atoms with van der Waals surface area (Å²) in [6.07, 6.45) is 3.44. The van der Waals surface area contributed by atoms with Gasteiger partial charge in [0.2, 0.25) is 0 Å². The maximum atomic E-state index is 12.2. The van der Waals surface area contributed by atoms with E-state index >= 15 is 0 Å². The quantitative estimate of drug-likeness (QED) is 0.775. The van der Waals surface area contributed by atoms with Gasteiger partial charge in [0.15, 0.2) is 0 Å². The molecule has 0 radical (unpaired) electrons. The fourth-order valence-corrected chi connectivity index (χ4v) is 1.98. The highest BCUT2D eigenvalue weighted by atomic mass is 16.2. The van der Waals surface area contributed by atoms with Crippen molar-refractivity contribution in [2.24, 2.45) is 0 Å². The number of nitrogens with one attached hydrogen (secondary N) is 1. The molecule has 0 aliphatic heterocycles. The molecule has 5 nitrogen and oxygen atoms in total. The Hall–Kier alpha value is -2.69. The number of carbonyl (C=O) groups is 1. The number of imidazole rings is 1. The third-order valence-electron chi connectivity index (χ3n) is 3.08. The van der Waals surface area contributed by atoms with Crippen LogP contribution in [0.1, 0.15) is 21.7 Å². The lowest BCUT2D eigenvalue weighted by Crippen LogP contribution is -2.13. The molecular formula is C15H14N4O. The highest BCUT2D eigenvalue weighted by Gasteiger charge is 2.12. The van der Waals surface area contributed by atoms with E-state index in [-0.39, 0.29) is 5.91 Å². The Labute approximate surface area is 116 Å². The third kappa shape index (κ3) is 2.25. The van der Waals surface area contributed by atoms with E-state index in [4.69, 9.17) is 0 Å². The predicted molar refractivity (Wildman–Crippen MR) is 76.9 cm³/mol. The molecule has 0 saturated carbocycles. The Morgan fingerprint density at radius 1 is 1.20 bits per heavy atom. The van der Waals surface area contributed by atoms with Gasteiger partial charge in [-0.3, -0.25) is 4.79 Å². The number of amides is 1. The van der Waals surface area contributed by atoms with Gasteiger partial charge < -0.3 is 9.72 Å². The van der Waals surface area contributed by atoms with Crippen molar-refractivity contribution in [3.63, 3.8) is 0 Å². The van der Waals surface area contributed by atoms with Gasteiger partial charge in [0.25, 0.3) is 5.91 Å². The van der Waals surface area contributed by atoms with Gasteiger partial charge in [-0.05, 0) is 37.6 Å². The van der Waals surface area contributed by atoms with E-state index in [1.54, 1.807) is 18.5 Å². The molecule has 0 aliphatic carbocycles. The van der Waals surface area contributed by atoms with Crippen molar-refractivity contribution in [2.75, 3.05) is 5.32 Å². The third-order valence-corrected chi connectivity index (χ3v) is 3.08. The van der Waals surface area contributed by atoms with Gasteiger partial charge in [0.1, 0.15) is 17.2 Å². The van der Waals surface area contributed by atoms with Crippen molar-refractivity contribution in [2.45, 2.75) is 13.8 Å². The SMILES string of the molecule is Cc1ccc(NC(=O)c2cn3c(C)cccc3n2)nc1. The van der Waals surface area contributed by atoms with Crippen LogP contribution in [0.2, 0.25) is 0 Å². The van der Waals surface area contributed by atoms with E-state index in [1.807, 2.05) is 42.5 Å². The highest BCUT2D eigenvalue weighted by molar-refractivity contribution is 6.02. The molecule has 20 heavy (non-hydrogen) atoms. The molecule has 3 aromatic heterocycles. The summed E-state index contributed by atoms with van der Waals surface area (Å²) in [6, 6.07) is 9.43. The second-order valence-corrected chi connectivity index (χ2v) is 4.70. The molecule has 0 fully saturated rings. The second kappa shape index (κ2) is 4.77. The summed E-state index contributed by atoms with van der Waals surface area (Å²) in [5, 5.41) is 2.74. The van der Waals surface area contributed by atoms with Gasteiger partial charge in [0, 0.05) is 18.1 Å². The lowest BCUT2D eigenvalue weighted by atomic mass is 10.3. The number of nitrogens with zero attached hydrogens (tertiary/aromatic N) is 3. The summed E-state index contributed by atoms with van der Waals surface area (Å²) in [5.41, 5.74) is 3.21. The molecule has 100 valence electrons. The molecule has 0 aliphatic rings. The van der Waals surface area contributed by atoms with Gasteiger partial charge >= 0.3 is 0 Å². The van der Waals surface area contributed by atoms with Crippen LogP contribution >= 0.6 is 0 Å². The summed E-state index contributed by atoms with van der Waals surface area (Å²) >= 11 is 0. The summed E-state index contributed by atoms with van der Waals surface area (Å²) in [6.45, 7) is 3.92. The molecular weight excluding hydrogens is 252 g/mol. The zero-order valence-electron chi connectivity index (χ0n) is 11.3. The first-order valence-electron chi connectivity index (χ1n) is 6.32. The molecule has 0 aromatic carbocycles. The van der Waals surface area contributed by atoms with Crippen molar-refractivity contribution >= 4 is 17.4 Å².